The van der Waals surface area contributed by atoms with Crippen molar-refractivity contribution >= 4 is 5.97 Å². The average molecular weight is 284 g/mol. The second kappa shape index (κ2) is 5.12. The number of hydrogen-bond donors (Lipinski definition) is 1. The zero-order valence-corrected chi connectivity index (χ0v) is 10.6. The molecule has 0 saturated carbocycles. The SMILES string of the molecule is O=C(O)c1cc(-c2ccccc2F)ccc1-n1cnnn1. The number of carboxylic acids is 1. The monoisotopic (exact) mass is 284 g/mol. The van der Waals surface area contributed by atoms with Crippen molar-refractivity contribution in [3.05, 3.63) is 60.2 Å². The molecule has 6 nitrogen and oxygen atoms in total. The van der Waals surface area contributed by atoms with Crippen LogP contribution in [0.15, 0.2) is 48.8 Å². The van der Waals surface area contributed by atoms with Crippen molar-refractivity contribution in [2.24, 2.45) is 0 Å². The largest absolute Gasteiger partial charge is 0.478 e. The highest BCUT2D eigenvalue weighted by Gasteiger charge is 2.15. The Morgan fingerprint density at radius 2 is 2.00 bits per heavy atom. The number of carboxylic acid groups (broad SMARTS) is 1. The quantitative estimate of drug-likeness (QED) is 0.797. The second-order valence-electron chi connectivity index (χ2n) is 4.27. The van der Waals surface area contributed by atoms with Crippen LogP contribution in [0.4, 0.5) is 4.39 Å². The highest BCUT2D eigenvalue weighted by Crippen LogP contribution is 2.26. The number of tetrazole rings is 1. The maximum absolute atomic E-state index is 13.8. The number of aromatic nitrogens is 4. The van der Waals surface area contributed by atoms with Gasteiger partial charge in [0, 0.05) is 5.56 Å². The minimum atomic E-state index is -1.14. The van der Waals surface area contributed by atoms with E-state index >= 15 is 0 Å². The molecule has 1 heterocycles. The molecule has 1 N–H and O–H groups in total. The summed E-state index contributed by atoms with van der Waals surface area (Å²) in [5.74, 6) is -1.55. The van der Waals surface area contributed by atoms with E-state index in [1.165, 1.54) is 23.1 Å². The molecule has 0 saturated heterocycles. The normalized spacial score (nSPS) is 10.5. The maximum atomic E-state index is 13.8. The minimum Gasteiger partial charge on any atom is -0.478 e. The lowest BCUT2D eigenvalue weighted by atomic mass is 10.0. The Balaban J connectivity index is 2.17. The number of aromatic carboxylic acids is 1. The predicted octanol–water partition coefficient (Wildman–Crippen LogP) is 2.17. The summed E-state index contributed by atoms with van der Waals surface area (Å²) in [6.07, 6.45) is 1.30. The summed E-state index contributed by atoms with van der Waals surface area (Å²) in [7, 11) is 0. The van der Waals surface area contributed by atoms with E-state index in [1.807, 2.05) is 0 Å². The fraction of sp³-hybridized carbons (Fsp3) is 0. The van der Waals surface area contributed by atoms with Gasteiger partial charge in [-0.15, -0.1) is 5.10 Å². The van der Waals surface area contributed by atoms with Crippen LogP contribution < -0.4 is 0 Å². The highest BCUT2D eigenvalue weighted by atomic mass is 19.1. The van der Waals surface area contributed by atoms with Crippen molar-refractivity contribution in [1.82, 2.24) is 20.2 Å². The lowest BCUT2D eigenvalue weighted by Crippen LogP contribution is -2.06. The topological polar surface area (TPSA) is 80.9 Å². The summed E-state index contributed by atoms with van der Waals surface area (Å²) >= 11 is 0. The molecule has 21 heavy (non-hydrogen) atoms. The molecule has 2 aromatic carbocycles. The van der Waals surface area contributed by atoms with Gasteiger partial charge < -0.3 is 5.11 Å². The van der Waals surface area contributed by atoms with Crippen LogP contribution in [0.2, 0.25) is 0 Å². The van der Waals surface area contributed by atoms with Gasteiger partial charge in [0.1, 0.15) is 12.1 Å². The van der Waals surface area contributed by atoms with Crippen LogP contribution in [0, 0.1) is 5.82 Å². The van der Waals surface area contributed by atoms with Crippen molar-refractivity contribution in [3.63, 3.8) is 0 Å². The highest BCUT2D eigenvalue weighted by molar-refractivity contribution is 5.93. The zero-order valence-electron chi connectivity index (χ0n) is 10.6. The van der Waals surface area contributed by atoms with E-state index in [9.17, 15) is 14.3 Å². The molecule has 104 valence electrons. The van der Waals surface area contributed by atoms with Crippen LogP contribution >= 0.6 is 0 Å². The molecule has 0 fully saturated rings. The van der Waals surface area contributed by atoms with E-state index in [2.05, 4.69) is 15.5 Å². The van der Waals surface area contributed by atoms with Gasteiger partial charge in [-0.25, -0.2) is 9.18 Å². The first kappa shape index (κ1) is 12.9. The molecule has 0 atom stereocenters. The summed E-state index contributed by atoms with van der Waals surface area (Å²) in [5, 5.41) is 19.9. The van der Waals surface area contributed by atoms with E-state index in [-0.39, 0.29) is 5.56 Å². The average Bonchev–Trinajstić information content (AvgIpc) is 3.01. The summed E-state index contributed by atoms with van der Waals surface area (Å²) in [5.41, 5.74) is 1.11. The van der Waals surface area contributed by atoms with Crippen LogP contribution in [0.5, 0.6) is 0 Å². The smallest absolute Gasteiger partial charge is 0.337 e. The lowest BCUT2D eigenvalue weighted by Gasteiger charge is -2.08. The minimum absolute atomic E-state index is 0.0111. The molecule has 0 bridgehead atoms. The number of nitrogens with zero attached hydrogens (tertiary/aromatic N) is 4. The van der Waals surface area contributed by atoms with Gasteiger partial charge in [0.15, 0.2) is 0 Å². The molecule has 0 aliphatic rings. The van der Waals surface area contributed by atoms with Crippen molar-refractivity contribution in [2.45, 2.75) is 0 Å². The Bertz CT molecular complexity index is 802. The van der Waals surface area contributed by atoms with Crippen LogP contribution in [0.25, 0.3) is 16.8 Å². The van der Waals surface area contributed by atoms with Gasteiger partial charge >= 0.3 is 5.97 Å². The van der Waals surface area contributed by atoms with E-state index < -0.39 is 11.8 Å². The molecular formula is C14H9FN4O2. The second-order valence-corrected chi connectivity index (χ2v) is 4.27. The molecule has 0 amide bonds. The molecular weight excluding hydrogens is 275 g/mol. The number of carbonyl (C=O) groups is 1. The fourth-order valence-corrected chi connectivity index (χ4v) is 2.04. The van der Waals surface area contributed by atoms with Crippen LogP contribution in [-0.4, -0.2) is 31.3 Å². The van der Waals surface area contributed by atoms with E-state index in [0.29, 0.717) is 16.8 Å². The van der Waals surface area contributed by atoms with E-state index in [4.69, 9.17) is 0 Å². The maximum Gasteiger partial charge on any atom is 0.337 e. The van der Waals surface area contributed by atoms with Crippen LogP contribution in [-0.2, 0) is 0 Å². The van der Waals surface area contributed by atoms with E-state index in [1.54, 1.807) is 30.3 Å². The molecule has 0 spiro atoms. The first-order valence-corrected chi connectivity index (χ1v) is 6.02. The number of hydrogen-bond acceptors (Lipinski definition) is 4. The van der Waals surface area contributed by atoms with Crippen molar-refractivity contribution in [1.29, 1.82) is 0 Å². The zero-order chi connectivity index (χ0) is 14.8. The summed E-state index contributed by atoms with van der Waals surface area (Å²) < 4.78 is 15.0. The molecule has 7 heteroatoms. The molecule has 0 radical (unpaired) electrons. The van der Waals surface area contributed by atoms with E-state index in [0.717, 1.165) is 0 Å². The summed E-state index contributed by atoms with van der Waals surface area (Å²) in [4.78, 5) is 11.4. The number of halogens is 1. The van der Waals surface area contributed by atoms with Gasteiger partial charge in [-0.05, 0) is 34.2 Å². The molecule has 1 aromatic heterocycles. The van der Waals surface area contributed by atoms with Gasteiger partial charge in [0.05, 0.1) is 11.3 Å². The Hall–Kier alpha value is -3.09. The standard InChI is InChI=1S/C14H9FN4O2/c15-12-4-2-1-3-10(12)9-5-6-13(11(7-9)14(20)21)19-8-16-17-18-19/h1-8H,(H,20,21). The Kier molecular flexibility index (Phi) is 3.15. The van der Waals surface area contributed by atoms with Gasteiger partial charge in [-0.3, -0.25) is 0 Å². The first-order valence-electron chi connectivity index (χ1n) is 6.02. The van der Waals surface area contributed by atoms with Gasteiger partial charge in [0.25, 0.3) is 0 Å². The molecule has 0 aliphatic carbocycles. The lowest BCUT2D eigenvalue weighted by molar-refractivity contribution is 0.0696. The van der Waals surface area contributed by atoms with Crippen molar-refractivity contribution in [3.8, 4) is 16.8 Å². The molecule has 3 aromatic rings. The first-order chi connectivity index (χ1) is 10.2. The van der Waals surface area contributed by atoms with Gasteiger partial charge in [-0.1, -0.05) is 24.3 Å². The van der Waals surface area contributed by atoms with Crippen LogP contribution in [0.1, 0.15) is 10.4 Å². The number of benzene rings is 2. The fourth-order valence-electron chi connectivity index (χ4n) is 2.04. The van der Waals surface area contributed by atoms with Crippen molar-refractivity contribution in [2.75, 3.05) is 0 Å². The van der Waals surface area contributed by atoms with Crippen LogP contribution in [0.3, 0.4) is 0 Å². The Labute approximate surface area is 118 Å². The predicted molar refractivity (Wildman–Crippen MR) is 71.5 cm³/mol. The Morgan fingerprint density at radius 1 is 1.19 bits per heavy atom. The Morgan fingerprint density at radius 3 is 2.67 bits per heavy atom. The van der Waals surface area contributed by atoms with Gasteiger partial charge in [-0.2, -0.15) is 4.68 Å². The van der Waals surface area contributed by atoms with Crippen molar-refractivity contribution < 1.29 is 14.3 Å². The molecule has 0 unspecified atom stereocenters. The third-order valence-corrected chi connectivity index (χ3v) is 3.01. The molecule has 3 rings (SSSR count). The third-order valence-electron chi connectivity index (χ3n) is 3.01. The third kappa shape index (κ3) is 2.36. The van der Waals surface area contributed by atoms with Gasteiger partial charge in [0.2, 0.25) is 0 Å². The summed E-state index contributed by atoms with van der Waals surface area (Å²) in [6.45, 7) is 0. The molecule has 0 aliphatic heterocycles. The summed E-state index contributed by atoms with van der Waals surface area (Å²) in [6, 6.07) is 10.7. The number of rotatable bonds is 3.